The van der Waals surface area contributed by atoms with Crippen LogP contribution in [0.5, 0.6) is 0 Å². The number of para-hydroxylation sites is 1. The fourth-order valence-electron chi connectivity index (χ4n) is 1.90. The Morgan fingerprint density at radius 3 is 2.60 bits per heavy atom. The Labute approximate surface area is 119 Å². The first-order valence-electron chi connectivity index (χ1n) is 5.99. The average Bonchev–Trinajstić information content (AvgIpc) is 2.97. The lowest BCUT2D eigenvalue weighted by atomic mass is 10.2. The van der Waals surface area contributed by atoms with Crippen molar-refractivity contribution in [2.75, 3.05) is 0 Å². The lowest BCUT2D eigenvalue weighted by molar-refractivity contribution is 0.589. The van der Waals surface area contributed by atoms with Crippen LogP contribution in [-0.2, 0) is 5.88 Å². The second-order valence-electron chi connectivity index (χ2n) is 4.15. The Bertz CT molecular complexity index is 727. The van der Waals surface area contributed by atoms with Crippen LogP contribution in [0.4, 0.5) is 4.39 Å². The van der Waals surface area contributed by atoms with E-state index in [0.29, 0.717) is 11.4 Å². The highest BCUT2D eigenvalue weighted by Gasteiger charge is 2.14. The number of benzene rings is 2. The molecule has 0 unspecified atom stereocenters. The van der Waals surface area contributed by atoms with Crippen LogP contribution in [0.15, 0.2) is 48.5 Å². The molecular formula is C14H10ClFN4. The van der Waals surface area contributed by atoms with Gasteiger partial charge in [-0.25, -0.2) is 4.39 Å². The number of hydrogen-bond acceptors (Lipinski definition) is 3. The number of rotatable bonds is 3. The molecule has 0 amide bonds. The number of tetrazole rings is 1. The summed E-state index contributed by atoms with van der Waals surface area (Å²) in [5.74, 6) is 0.185. The zero-order chi connectivity index (χ0) is 13.9. The summed E-state index contributed by atoms with van der Waals surface area (Å²) in [5, 5.41) is 12.1. The van der Waals surface area contributed by atoms with Gasteiger partial charge in [-0.3, -0.25) is 0 Å². The monoisotopic (exact) mass is 288 g/mol. The molecule has 0 atom stereocenters. The van der Waals surface area contributed by atoms with E-state index in [0.717, 1.165) is 5.56 Å². The van der Waals surface area contributed by atoms with Crippen molar-refractivity contribution in [2.24, 2.45) is 0 Å². The minimum absolute atomic E-state index is 0.176. The van der Waals surface area contributed by atoms with Crippen LogP contribution >= 0.6 is 11.6 Å². The number of halogens is 2. The van der Waals surface area contributed by atoms with Crippen LogP contribution in [0.3, 0.4) is 0 Å². The predicted octanol–water partition coefficient (Wildman–Crippen LogP) is 3.21. The summed E-state index contributed by atoms with van der Waals surface area (Å²) in [5.41, 5.74) is 1.67. The fourth-order valence-corrected chi connectivity index (χ4v) is 2.12. The smallest absolute Gasteiger partial charge is 0.205 e. The molecule has 0 aliphatic rings. The number of alkyl halides is 1. The van der Waals surface area contributed by atoms with E-state index in [1.54, 1.807) is 12.1 Å². The molecule has 0 aliphatic carbocycles. The van der Waals surface area contributed by atoms with Gasteiger partial charge < -0.3 is 0 Å². The van der Waals surface area contributed by atoms with Gasteiger partial charge in [-0.05, 0) is 16.8 Å². The van der Waals surface area contributed by atoms with Crippen LogP contribution in [0, 0.1) is 5.82 Å². The van der Waals surface area contributed by atoms with Gasteiger partial charge in [-0.15, -0.1) is 26.6 Å². The molecule has 0 saturated carbocycles. The molecule has 6 heteroatoms. The van der Waals surface area contributed by atoms with Crippen molar-refractivity contribution in [3.8, 4) is 17.1 Å². The first-order chi connectivity index (χ1) is 9.79. The Morgan fingerprint density at radius 2 is 1.85 bits per heavy atom. The van der Waals surface area contributed by atoms with E-state index < -0.39 is 5.82 Å². The fraction of sp³-hybridized carbons (Fsp3) is 0.0714. The van der Waals surface area contributed by atoms with Gasteiger partial charge in [-0.1, -0.05) is 42.5 Å². The predicted molar refractivity (Wildman–Crippen MR) is 74.1 cm³/mol. The quantitative estimate of drug-likeness (QED) is 0.695. The normalized spacial score (nSPS) is 10.7. The summed E-state index contributed by atoms with van der Waals surface area (Å²) in [7, 11) is 0. The molecule has 0 N–H and O–H groups in total. The van der Waals surface area contributed by atoms with Crippen LogP contribution in [-0.4, -0.2) is 20.2 Å². The minimum atomic E-state index is -0.430. The lowest BCUT2D eigenvalue weighted by Gasteiger charge is -2.05. The Kier molecular flexibility index (Phi) is 3.43. The summed E-state index contributed by atoms with van der Waals surface area (Å²) in [6.45, 7) is 0. The molecule has 3 aromatic rings. The molecule has 0 bridgehead atoms. The highest BCUT2D eigenvalue weighted by Crippen LogP contribution is 2.20. The minimum Gasteiger partial charge on any atom is -0.205 e. The van der Waals surface area contributed by atoms with Crippen molar-refractivity contribution in [3.05, 3.63) is 59.9 Å². The molecule has 1 heterocycles. The third-order valence-corrected chi connectivity index (χ3v) is 3.15. The number of hydrogen-bond donors (Lipinski definition) is 0. The Hall–Kier alpha value is -2.27. The first-order valence-corrected chi connectivity index (χ1v) is 6.52. The molecular weight excluding hydrogens is 279 g/mol. The Balaban J connectivity index is 2.07. The zero-order valence-electron chi connectivity index (χ0n) is 10.4. The summed E-state index contributed by atoms with van der Waals surface area (Å²) in [6.07, 6.45) is 0. The second-order valence-corrected chi connectivity index (χ2v) is 4.42. The number of aromatic nitrogens is 4. The van der Waals surface area contributed by atoms with E-state index >= 15 is 0 Å². The highest BCUT2D eigenvalue weighted by atomic mass is 35.5. The maximum Gasteiger partial charge on any atom is 0.205 e. The molecule has 3 rings (SSSR count). The van der Waals surface area contributed by atoms with Crippen LogP contribution in [0.25, 0.3) is 17.1 Å². The molecule has 1 aromatic heterocycles. The SMILES string of the molecule is Fc1cccc(CCl)c1-n1nnc(-c2ccccc2)n1. The van der Waals surface area contributed by atoms with E-state index in [1.165, 1.54) is 10.9 Å². The lowest BCUT2D eigenvalue weighted by Crippen LogP contribution is -2.05. The molecule has 0 radical (unpaired) electrons. The molecule has 0 spiro atoms. The van der Waals surface area contributed by atoms with E-state index in [9.17, 15) is 4.39 Å². The topological polar surface area (TPSA) is 43.6 Å². The maximum absolute atomic E-state index is 13.9. The third-order valence-electron chi connectivity index (χ3n) is 2.86. The standard InChI is InChI=1S/C14H10ClFN4/c15-9-11-7-4-8-12(16)13(11)20-18-14(17-19-20)10-5-2-1-3-6-10/h1-8H,9H2. The van der Waals surface area contributed by atoms with Crippen LogP contribution < -0.4 is 0 Å². The van der Waals surface area contributed by atoms with Crippen molar-refractivity contribution in [2.45, 2.75) is 5.88 Å². The average molecular weight is 289 g/mol. The van der Waals surface area contributed by atoms with Crippen molar-refractivity contribution >= 4 is 11.6 Å². The van der Waals surface area contributed by atoms with Crippen molar-refractivity contribution in [1.82, 2.24) is 20.2 Å². The van der Waals surface area contributed by atoms with Crippen molar-refractivity contribution < 1.29 is 4.39 Å². The first kappa shape index (κ1) is 12.7. The van der Waals surface area contributed by atoms with Crippen LogP contribution in [0.2, 0.25) is 0 Å². The van der Waals surface area contributed by atoms with Gasteiger partial charge in [0.2, 0.25) is 5.82 Å². The summed E-state index contributed by atoms with van der Waals surface area (Å²) >= 11 is 5.82. The van der Waals surface area contributed by atoms with E-state index in [1.807, 2.05) is 30.3 Å². The molecule has 20 heavy (non-hydrogen) atoms. The molecule has 4 nitrogen and oxygen atoms in total. The zero-order valence-corrected chi connectivity index (χ0v) is 11.1. The van der Waals surface area contributed by atoms with Crippen molar-refractivity contribution in [1.29, 1.82) is 0 Å². The van der Waals surface area contributed by atoms with Crippen molar-refractivity contribution in [3.63, 3.8) is 0 Å². The van der Waals surface area contributed by atoms with E-state index in [2.05, 4.69) is 15.4 Å². The maximum atomic E-state index is 13.9. The number of nitrogens with zero attached hydrogens (tertiary/aromatic N) is 4. The largest absolute Gasteiger partial charge is 0.205 e. The van der Waals surface area contributed by atoms with Gasteiger partial charge >= 0.3 is 0 Å². The molecule has 2 aromatic carbocycles. The van der Waals surface area contributed by atoms with Gasteiger partial charge in [-0.2, -0.15) is 0 Å². The van der Waals surface area contributed by atoms with E-state index in [-0.39, 0.29) is 11.6 Å². The third kappa shape index (κ3) is 2.28. The Morgan fingerprint density at radius 1 is 1.05 bits per heavy atom. The summed E-state index contributed by atoms with van der Waals surface area (Å²) in [4.78, 5) is 1.18. The van der Waals surface area contributed by atoms with E-state index in [4.69, 9.17) is 11.6 Å². The van der Waals surface area contributed by atoms with Gasteiger partial charge in [0.25, 0.3) is 0 Å². The molecule has 0 fully saturated rings. The van der Waals surface area contributed by atoms with Gasteiger partial charge in [0.1, 0.15) is 5.69 Å². The molecule has 100 valence electrons. The van der Waals surface area contributed by atoms with Gasteiger partial charge in [0.15, 0.2) is 5.82 Å². The van der Waals surface area contributed by atoms with Crippen LogP contribution in [0.1, 0.15) is 5.56 Å². The summed E-state index contributed by atoms with van der Waals surface area (Å²) < 4.78 is 13.9. The van der Waals surface area contributed by atoms with Gasteiger partial charge in [0.05, 0.1) is 0 Å². The second kappa shape index (κ2) is 5.38. The van der Waals surface area contributed by atoms with Gasteiger partial charge in [0, 0.05) is 11.4 Å². The highest BCUT2D eigenvalue weighted by molar-refractivity contribution is 6.17. The summed E-state index contributed by atoms with van der Waals surface area (Å²) in [6, 6.07) is 14.1. The molecule has 0 aliphatic heterocycles. The molecule has 0 saturated heterocycles.